The van der Waals surface area contributed by atoms with E-state index in [0.29, 0.717) is 0 Å². The highest BCUT2D eigenvalue weighted by Crippen LogP contribution is 2.35. The molecule has 0 bridgehead atoms. The molecule has 0 aromatic heterocycles. The summed E-state index contributed by atoms with van der Waals surface area (Å²) in [5, 5.41) is 3.88. The molecule has 2 rings (SSSR count). The summed E-state index contributed by atoms with van der Waals surface area (Å²) in [6, 6.07) is 1.63. The van der Waals surface area contributed by atoms with Crippen LogP contribution in [0, 0.1) is 17.8 Å². The number of rotatable bonds is 7. The quantitative estimate of drug-likeness (QED) is 0.753. The third kappa shape index (κ3) is 4.69. The zero-order valence-corrected chi connectivity index (χ0v) is 14.9. The summed E-state index contributed by atoms with van der Waals surface area (Å²) < 4.78 is 0. The zero-order chi connectivity index (χ0) is 15.2. The van der Waals surface area contributed by atoms with Gasteiger partial charge >= 0.3 is 0 Å². The molecule has 0 aromatic rings. The van der Waals surface area contributed by atoms with E-state index in [1.165, 1.54) is 64.6 Å². The van der Waals surface area contributed by atoms with Crippen molar-refractivity contribution in [2.45, 2.75) is 84.7 Å². The average molecular weight is 295 g/mol. The molecule has 0 aliphatic heterocycles. The molecule has 4 unspecified atom stereocenters. The van der Waals surface area contributed by atoms with Gasteiger partial charge in [-0.3, -0.25) is 0 Å². The fourth-order valence-corrected chi connectivity index (χ4v) is 4.86. The van der Waals surface area contributed by atoms with E-state index in [0.717, 1.165) is 29.8 Å². The lowest BCUT2D eigenvalue weighted by atomic mass is 9.72. The Bertz CT molecular complexity index is 285. The summed E-state index contributed by atoms with van der Waals surface area (Å²) in [7, 11) is 0. The van der Waals surface area contributed by atoms with Crippen molar-refractivity contribution >= 4 is 0 Å². The Morgan fingerprint density at radius 1 is 1.05 bits per heavy atom. The van der Waals surface area contributed by atoms with E-state index in [2.05, 4.69) is 37.9 Å². The van der Waals surface area contributed by atoms with E-state index in [9.17, 15) is 0 Å². The first-order valence-corrected chi connectivity index (χ1v) is 9.63. The average Bonchev–Trinajstić information content (AvgIpc) is 2.98. The molecule has 2 fully saturated rings. The van der Waals surface area contributed by atoms with E-state index >= 15 is 0 Å². The number of nitrogens with one attached hydrogen (secondary N) is 1. The summed E-state index contributed by atoms with van der Waals surface area (Å²) >= 11 is 0. The standard InChI is InChI=1S/C19H38N2/c1-5-11-20-19-13-15(3)12-16(4)18(19)14-21(6-2)17-9-7-8-10-17/h15-20H,5-14H2,1-4H3. The van der Waals surface area contributed by atoms with E-state index in [1.54, 1.807) is 0 Å². The summed E-state index contributed by atoms with van der Waals surface area (Å²) in [6.07, 6.45) is 9.86. The SMILES string of the molecule is CCCNC1CC(C)CC(C)C1CN(CC)C1CCCC1. The van der Waals surface area contributed by atoms with Crippen molar-refractivity contribution in [3.05, 3.63) is 0 Å². The Hall–Kier alpha value is -0.0800. The van der Waals surface area contributed by atoms with Crippen LogP contribution in [0.3, 0.4) is 0 Å². The van der Waals surface area contributed by atoms with Gasteiger partial charge in [0.05, 0.1) is 0 Å². The third-order valence-electron chi connectivity index (χ3n) is 6.03. The van der Waals surface area contributed by atoms with Crippen LogP contribution in [0.5, 0.6) is 0 Å². The van der Waals surface area contributed by atoms with Crippen LogP contribution in [0.1, 0.15) is 72.6 Å². The van der Waals surface area contributed by atoms with Crippen molar-refractivity contribution in [2.24, 2.45) is 17.8 Å². The second-order valence-corrected chi connectivity index (χ2v) is 7.80. The molecular weight excluding hydrogens is 256 g/mol. The molecule has 0 amide bonds. The van der Waals surface area contributed by atoms with Gasteiger partial charge in [0.1, 0.15) is 0 Å². The number of hydrogen-bond donors (Lipinski definition) is 1. The van der Waals surface area contributed by atoms with Gasteiger partial charge in [0.2, 0.25) is 0 Å². The van der Waals surface area contributed by atoms with Crippen LogP contribution >= 0.6 is 0 Å². The smallest absolute Gasteiger partial charge is 0.0113 e. The molecule has 2 heteroatoms. The maximum absolute atomic E-state index is 3.88. The highest BCUT2D eigenvalue weighted by Gasteiger charge is 2.35. The first kappa shape index (κ1) is 17.3. The lowest BCUT2D eigenvalue weighted by molar-refractivity contribution is 0.0836. The van der Waals surface area contributed by atoms with Crippen molar-refractivity contribution in [3.63, 3.8) is 0 Å². The van der Waals surface area contributed by atoms with Crippen LogP contribution in [0.4, 0.5) is 0 Å². The molecule has 21 heavy (non-hydrogen) atoms. The Morgan fingerprint density at radius 3 is 2.38 bits per heavy atom. The highest BCUT2D eigenvalue weighted by molar-refractivity contribution is 4.90. The summed E-state index contributed by atoms with van der Waals surface area (Å²) in [5.41, 5.74) is 0. The predicted octanol–water partition coefficient (Wildman–Crippen LogP) is 4.30. The van der Waals surface area contributed by atoms with Gasteiger partial charge < -0.3 is 10.2 Å². The van der Waals surface area contributed by atoms with Crippen molar-refractivity contribution in [2.75, 3.05) is 19.6 Å². The molecule has 0 heterocycles. The predicted molar refractivity (Wildman–Crippen MR) is 92.6 cm³/mol. The van der Waals surface area contributed by atoms with Crippen LogP contribution in [0.2, 0.25) is 0 Å². The van der Waals surface area contributed by atoms with Gasteiger partial charge in [0.25, 0.3) is 0 Å². The molecule has 2 aliphatic rings. The Kier molecular flexibility index (Phi) is 7.01. The van der Waals surface area contributed by atoms with E-state index < -0.39 is 0 Å². The lowest BCUT2D eigenvalue weighted by Gasteiger charge is -2.43. The van der Waals surface area contributed by atoms with Crippen LogP contribution in [0.15, 0.2) is 0 Å². The number of hydrogen-bond acceptors (Lipinski definition) is 2. The summed E-state index contributed by atoms with van der Waals surface area (Å²) in [6.45, 7) is 13.4. The normalized spacial score (nSPS) is 34.7. The van der Waals surface area contributed by atoms with Crippen molar-refractivity contribution < 1.29 is 0 Å². The van der Waals surface area contributed by atoms with E-state index in [4.69, 9.17) is 0 Å². The first-order valence-electron chi connectivity index (χ1n) is 9.63. The van der Waals surface area contributed by atoms with Gasteiger partial charge in [0, 0.05) is 18.6 Å². The molecule has 1 N–H and O–H groups in total. The van der Waals surface area contributed by atoms with Crippen molar-refractivity contribution in [1.82, 2.24) is 10.2 Å². The zero-order valence-electron chi connectivity index (χ0n) is 14.9. The van der Waals surface area contributed by atoms with Crippen LogP contribution in [0.25, 0.3) is 0 Å². The molecule has 124 valence electrons. The molecule has 0 aromatic carbocycles. The topological polar surface area (TPSA) is 15.3 Å². The van der Waals surface area contributed by atoms with Crippen LogP contribution in [-0.2, 0) is 0 Å². The fourth-order valence-electron chi connectivity index (χ4n) is 4.86. The van der Waals surface area contributed by atoms with Gasteiger partial charge in [-0.05, 0) is 62.9 Å². The summed E-state index contributed by atoms with van der Waals surface area (Å²) in [4.78, 5) is 2.81. The van der Waals surface area contributed by atoms with Crippen molar-refractivity contribution in [3.8, 4) is 0 Å². The van der Waals surface area contributed by atoms with Gasteiger partial charge in [-0.1, -0.05) is 40.5 Å². The molecule has 0 saturated heterocycles. The van der Waals surface area contributed by atoms with E-state index in [1.807, 2.05) is 0 Å². The lowest BCUT2D eigenvalue weighted by Crippen LogP contribution is -2.50. The molecule has 0 spiro atoms. The Labute approximate surface area is 133 Å². The van der Waals surface area contributed by atoms with E-state index in [-0.39, 0.29) is 0 Å². The molecule has 2 saturated carbocycles. The van der Waals surface area contributed by atoms with Gasteiger partial charge in [-0.15, -0.1) is 0 Å². The Morgan fingerprint density at radius 2 is 1.76 bits per heavy atom. The minimum Gasteiger partial charge on any atom is -0.314 e. The maximum Gasteiger partial charge on any atom is 0.0113 e. The highest BCUT2D eigenvalue weighted by atomic mass is 15.2. The fraction of sp³-hybridized carbons (Fsp3) is 1.00. The first-order chi connectivity index (χ1) is 10.2. The second kappa shape index (κ2) is 8.53. The molecule has 2 nitrogen and oxygen atoms in total. The third-order valence-corrected chi connectivity index (χ3v) is 6.03. The molecular formula is C19H38N2. The molecule has 0 radical (unpaired) electrons. The van der Waals surface area contributed by atoms with Crippen LogP contribution in [-0.4, -0.2) is 36.6 Å². The summed E-state index contributed by atoms with van der Waals surface area (Å²) in [5.74, 6) is 2.62. The minimum absolute atomic E-state index is 0.749. The molecule has 2 aliphatic carbocycles. The van der Waals surface area contributed by atoms with Gasteiger partial charge in [-0.25, -0.2) is 0 Å². The minimum atomic E-state index is 0.749. The largest absolute Gasteiger partial charge is 0.314 e. The van der Waals surface area contributed by atoms with Crippen LogP contribution < -0.4 is 5.32 Å². The number of nitrogens with zero attached hydrogens (tertiary/aromatic N) is 1. The van der Waals surface area contributed by atoms with Crippen molar-refractivity contribution in [1.29, 1.82) is 0 Å². The van der Waals surface area contributed by atoms with Gasteiger partial charge in [-0.2, -0.15) is 0 Å². The Balaban J connectivity index is 1.97. The van der Waals surface area contributed by atoms with Gasteiger partial charge in [0.15, 0.2) is 0 Å². The second-order valence-electron chi connectivity index (χ2n) is 7.80. The molecule has 4 atom stereocenters. The maximum atomic E-state index is 3.88. The monoisotopic (exact) mass is 294 g/mol.